The smallest absolute Gasteiger partial charge is 0.317 e. The summed E-state index contributed by atoms with van der Waals surface area (Å²) >= 11 is 0. The lowest BCUT2D eigenvalue weighted by atomic mass is 10.4. The van der Waals surface area contributed by atoms with Gasteiger partial charge in [0.05, 0.1) is 6.54 Å². The number of aliphatic carboxylic acids is 1. The number of carboxylic acid groups (broad SMARTS) is 1. The molecule has 0 unspecified atom stereocenters. The van der Waals surface area contributed by atoms with Gasteiger partial charge in [0.1, 0.15) is 0 Å². The van der Waals surface area contributed by atoms with Crippen molar-refractivity contribution >= 4 is 16.2 Å². The van der Waals surface area contributed by atoms with Crippen molar-refractivity contribution in [2.75, 3.05) is 45.8 Å². The van der Waals surface area contributed by atoms with E-state index in [0.29, 0.717) is 45.7 Å². The topological polar surface area (TPSA) is 81.2 Å². The Hall–Kier alpha value is -0.700. The van der Waals surface area contributed by atoms with Gasteiger partial charge in [0.15, 0.2) is 0 Å². The molecule has 0 bridgehead atoms. The second kappa shape index (κ2) is 6.17. The molecule has 19 heavy (non-hydrogen) atoms. The summed E-state index contributed by atoms with van der Waals surface area (Å²) in [5.41, 5.74) is 0. The quantitative estimate of drug-likeness (QED) is 0.749. The molecule has 0 aromatic heterocycles. The third kappa shape index (κ3) is 3.65. The molecule has 8 heteroatoms. The van der Waals surface area contributed by atoms with Crippen molar-refractivity contribution in [1.29, 1.82) is 0 Å². The Morgan fingerprint density at radius 2 is 1.47 bits per heavy atom. The average Bonchev–Trinajstić information content (AvgIpc) is 2.77. The Balaban J connectivity index is 1.96. The summed E-state index contributed by atoms with van der Waals surface area (Å²) in [5.74, 6) is -0.865. The van der Waals surface area contributed by atoms with E-state index in [4.69, 9.17) is 5.11 Å². The van der Waals surface area contributed by atoms with E-state index in [-0.39, 0.29) is 6.54 Å². The number of nitrogens with zero attached hydrogens (tertiary/aromatic N) is 3. The van der Waals surface area contributed by atoms with Crippen molar-refractivity contribution in [2.24, 2.45) is 0 Å². The minimum atomic E-state index is -3.34. The van der Waals surface area contributed by atoms with E-state index in [1.807, 2.05) is 0 Å². The van der Waals surface area contributed by atoms with Crippen LogP contribution in [-0.2, 0) is 15.0 Å². The maximum atomic E-state index is 12.4. The molecule has 7 nitrogen and oxygen atoms in total. The van der Waals surface area contributed by atoms with E-state index in [1.165, 1.54) is 4.31 Å². The fraction of sp³-hybridized carbons (Fsp3) is 0.909. The molecule has 0 radical (unpaired) electrons. The van der Waals surface area contributed by atoms with Gasteiger partial charge in [-0.3, -0.25) is 9.69 Å². The van der Waals surface area contributed by atoms with E-state index < -0.39 is 16.2 Å². The van der Waals surface area contributed by atoms with Crippen molar-refractivity contribution in [1.82, 2.24) is 13.5 Å². The van der Waals surface area contributed by atoms with Crippen molar-refractivity contribution < 1.29 is 18.3 Å². The molecule has 0 aromatic rings. The molecule has 2 aliphatic heterocycles. The van der Waals surface area contributed by atoms with E-state index in [9.17, 15) is 13.2 Å². The lowest BCUT2D eigenvalue weighted by molar-refractivity contribution is -0.138. The number of rotatable bonds is 4. The van der Waals surface area contributed by atoms with Crippen LogP contribution < -0.4 is 0 Å². The van der Waals surface area contributed by atoms with Crippen LogP contribution in [0.5, 0.6) is 0 Å². The molecule has 2 saturated heterocycles. The van der Waals surface area contributed by atoms with Crippen LogP contribution >= 0.6 is 0 Å². The highest BCUT2D eigenvalue weighted by molar-refractivity contribution is 7.86. The first kappa shape index (κ1) is 14.7. The molecule has 0 atom stereocenters. The highest BCUT2D eigenvalue weighted by Gasteiger charge is 2.32. The zero-order chi connectivity index (χ0) is 13.9. The number of hydrogen-bond donors (Lipinski definition) is 1. The zero-order valence-electron chi connectivity index (χ0n) is 11.0. The van der Waals surface area contributed by atoms with Gasteiger partial charge in [-0.25, -0.2) is 0 Å². The Bertz CT molecular complexity index is 420. The molecular weight excluding hydrogens is 270 g/mol. The van der Waals surface area contributed by atoms with Crippen LogP contribution in [0.2, 0.25) is 0 Å². The fourth-order valence-electron chi connectivity index (χ4n) is 2.61. The van der Waals surface area contributed by atoms with Gasteiger partial charge in [0.25, 0.3) is 10.2 Å². The SMILES string of the molecule is O=C(O)CN1CCCN(S(=O)(=O)N2CCCC2)CC1. The summed E-state index contributed by atoms with van der Waals surface area (Å²) in [6.45, 7) is 3.19. The number of carboxylic acids is 1. The molecule has 2 fully saturated rings. The van der Waals surface area contributed by atoms with E-state index >= 15 is 0 Å². The van der Waals surface area contributed by atoms with Crippen LogP contribution in [-0.4, -0.2) is 78.8 Å². The normalized spacial score (nSPS) is 24.4. The first-order chi connectivity index (χ1) is 9.00. The highest BCUT2D eigenvalue weighted by atomic mass is 32.2. The van der Waals surface area contributed by atoms with Gasteiger partial charge >= 0.3 is 5.97 Å². The monoisotopic (exact) mass is 291 g/mol. The summed E-state index contributed by atoms with van der Waals surface area (Å²) in [6, 6.07) is 0. The van der Waals surface area contributed by atoms with Crippen LogP contribution in [0.3, 0.4) is 0 Å². The van der Waals surface area contributed by atoms with Crippen molar-refractivity contribution in [3.63, 3.8) is 0 Å². The van der Waals surface area contributed by atoms with E-state index in [1.54, 1.807) is 9.21 Å². The molecule has 0 aromatic carbocycles. The summed E-state index contributed by atoms with van der Waals surface area (Å²) in [6.07, 6.45) is 2.54. The Morgan fingerprint density at radius 3 is 2.11 bits per heavy atom. The third-order valence-electron chi connectivity index (χ3n) is 3.62. The van der Waals surface area contributed by atoms with Crippen LogP contribution in [0.4, 0.5) is 0 Å². The number of hydrogen-bond acceptors (Lipinski definition) is 4. The largest absolute Gasteiger partial charge is 0.480 e. The molecule has 2 heterocycles. The van der Waals surface area contributed by atoms with Crippen molar-refractivity contribution in [3.05, 3.63) is 0 Å². The Labute approximate surface area is 114 Å². The van der Waals surface area contributed by atoms with Crippen molar-refractivity contribution in [3.8, 4) is 0 Å². The van der Waals surface area contributed by atoms with Gasteiger partial charge in [0.2, 0.25) is 0 Å². The molecule has 0 saturated carbocycles. The second-order valence-electron chi connectivity index (χ2n) is 5.04. The summed E-state index contributed by atoms with van der Waals surface area (Å²) in [5, 5.41) is 8.77. The molecular formula is C11H21N3O4S. The number of carbonyl (C=O) groups is 1. The van der Waals surface area contributed by atoms with Gasteiger partial charge in [-0.1, -0.05) is 0 Å². The molecule has 110 valence electrons. The lowest BCUT2D eigenvalue weighted by Crippen LogP contribution is -2.44. The summed E-state index contributed by atoms with van der Waals surface area (Å²) < 4.78 is 27.8. The predicted molar refractivity (Wildman–Crippen MR) is 70.0 cm³/mol. The first-order valence-corrected chi connectivity index (χ1v) is 8.09. The van der Waals surface area contributed by atoms with Crippen LogP contribution in [0.25, 0.3) is 0 Å². The Morgan fingerprint density at radius 1 is 0.895 bits per heavy atom. The second-order valence-corrected chi connectivity index (χ2v) is 6.96. The van der Waals surface area contributed by atoms with Crippen LogP contribution in [0.1, 0.15) is 19.3 Å². The first-order valence-electron chi connectivity index (χ1n) is 6.69. The molecule has 0 amide bonds. The minimum Gasteiger partial charge on any atom is -0.480 e. The van der Waals surface area contributed by atoms with Gasteiger partial charge in [-0.2, -0.15) is 17.0 Å². The van der Waals surface area contributed by atoms with Crippen LogP contribution in [0.15, 0.2) is 0 Å². The third-order valence-corrected chi connectivity index (χ3v) is 5.66. The Kier molecular flexibility index (Phi) is 4.77. The lowest BCUT2D eigenvalue weighted by Gasteiger charge is -2.26. The molecule has 0 aliphatic carbocycles. The maximum absolute atomic E-state index is 12.4. The fourth-order valence-corrected chi connectivity index (χ4v) is 4.33. The standard InChI is InChI=1S/C11H21N3O4S/c15-11(16)10-12-4-3-7-14(9-8-12)19(17,18)13-5-1-2-6-13/h1-10H2,(H,15,16). The van der Waals surface area contributed by atoms with E-state index in [0.717, 1.165) is 12.8 Å². The molecule has 2 aliphatic rings. The summed E-state index contributed by atoms with van der Waals surface area (Å²) in [7, 11) is -3.34. The van der Waals surface area contributed by atoms with Gasteiger partial charge in [-0.05, 0) is 19.3 Å². The van der Waals surface area contributed by atoms with Crippen LogP contribution in [0, 0.1) is 0 Å². The van der Waals surface area contributed by atoms with Crippen molar-refractivity contribution in [2.45, 2.75) is 19.3 Å². The molecule has 1 N–H and O–H groups in total. The van der Waals surface area contributed by atoms with E-state index in [2.05, 4.69) is 0 Å². The average molecular weight is 291 g/mol. The molecule has 0 spiro atoms. The maximum Gasteiger partial charge on any atom is 0.317 e. The predicted octanol–water partition coefficient (Wildman–Crippen LogP) is -0.581. The zero-order valence-corrected chi connectivity index (χ0v) is 11.8. The minimum absolute atomic E-state index is 0.0163. The molecule has 2 rings (SSSR count). The van der Waals surface area contributed by atoms with Gasteiger partial charge < -0.3 is 5.11 Å². The highest BCUT2D eigenvalue weighted by Crippen LogP contribution is 2.18. The summed E-state index contributed by atoms with van der Waals surface area (Å²) in [4.78, 5) is 12.5. The van der Waals surface area contributed by atoms with Gasteiger partial charge in [-0.15, -0.1) is 0 Å². The van der Waals surface area contributed by atoms with Gasteiger partial charge in [0, 0.05) is 39.3 Å².